The maximum absolute atomic E-state index is 13.2. The summed E-state index contributed by atoms with van der Waals surface area (Å²) in [5, 5.41) is 2.99. The van der Waals surface area contributed by atoms with Crippen LogP contribution in [0, 0.1) is 0 Å². The van der Waals surface area contributed by atoms with E-state index in [1.165, 1.54) is 0 Å². The third-order valence-corrected chi connectivity index (χ3v) is 5.98. The number of methoxy groups -OCH3 is 1. The van der Waals surface area contributed by atoms with E-state index in [1.54, 1.807) is 18.9 Å². The Morgan fingerprint density at radius 1 is 0.889 bits per heavy atom. The molecule has 3 aromatic carbocycles. The molecule has 3 aromatic rings. The second-order valence-electron chi connectivity index (χ2n) is 8.43. The van der Waals surface area contributed by atoms with Gasteiger partial charge in [-0.25, -0.2) is 9.59 Å². The topological polar surface area (TPSA) is 77.1 Å². The van der Waals surface area contributed by atoms with Gasteiger partial charge in [0.2, 0.25) is 0 Å². The van der Waals surface area contributed by atoms with E-state index in [0.29, 0.717) is 30.2 Å². The molecule has 7 nitrogen and oxygen atoms in total. The first-order valence-corrected chi connectivity index (χ1v) is 11.8. The first kappa shape index (κ1) is 25.0. The van der Waals surface area contributed by atoms with Gasteiger partial charge in [-0.15, -0.1) is 0 Å². The van der Waals surface area contributed by atoms with Crippen molar-refractivity contribution in [2.24, 2.45) is 0 Å². The molecule has 4 rings (SSSR count). The zero-order chi connectivity index (χ0) is 25.3. The van der Waals surface area contributed by atoms with Crippen molar-refractivity contribution >= 4 is 12.0 Å². The highest BCUT2D eigenvalue weighted by atomic mass is 16.6. The minimum atomic E-state index is -0.650. The molecule has 0 aliphatic carbocycles. The highest BCUT2D eigenvalue weighted by molar-refractivity contribution is 5.95. The van der Waals surface area contributed by atoms with Gasteiger partial charge >= 0.3 is 12.0 Å². The number of allylic oxidation sites excluding steroid dienone is 1. The Balaban J connectivity index is 1.57. The zero-order valence-corrected chi connectivity index (χ0v) is 20.5. The third-order valence-electron chi connectivity index (χ3n) is 5.98. The zero-order valence-electron chi connectivity index (χ0n) is 20.5. The number of amides is 2. The molecule has 1 aliphatic rings. The number of ether oxygens (including phenoxy) is 3. The molecule has 7 heteroatoms. The predicted octanol–water partition coefficient (Wildman–Crippen LogP) is 5.00. The Morgan fingerprint density at radius 2 is 1.53 bits per heavy atom. The predicted molar refractivity (Wildman–Crippen MR) is 136 cm³/mol. The highest BCUT2D eigenvalue weighted by Gasteiger charge is 2.36. The summed E-state index contributed by atoms with van der Waals surface area (Å²) in [5.41, 5.74) is 3.73. The van der Waals surface area contributed by atoms with Crippen LogP contribution in [0.25, 0.3) is 0 Å². The van der Waals surface area contributed by atoms with Gasteiger partial charge in [0.15, 0.2) is 0 Å². The second-order valence-corrected chi connectivity index (χ2v) is 8.43. The summed E-state index contributed by atoms with van der Waals surface area (Å²) in [6.45, 7) is 2.98. The fourth-order valence-corrected chi connectivity index (χ4v) is 4.04. The second kappa shape index (κ2) is 12.0. The van der Waals surface area contributed by atoms with Gasteiger partial charge in [0, 0.05) is 12.8 Å². The van der Waals surface area contributed by atoms with E-state index < -0.39 is 12.0 Å². The monoisotopic (exact) mass is 486 g/mol. The van der Waals surface area contributed by atoms with Crippen LogP contribution in [-0.2, 0) is 27.4 Å². The molecule has 36 heavy (non-hydrogen) atoms. The minimum Gasteiger partial charge on any atom is -0.489 e. The van der Waals surface area contributed by atoms with Gasteiger partial charge in [-0.1, -0.05) is 72.8 Å². The van der Waals surface area contributed by atoms with E-state index in [1.807, 2.05) is 84.9 Å². The summed E-state index contributed by atoms with van der Waals surface area (Å²) in [6, 6.07) is 26.0. The number of nitrogens with one attached hydrogen (secondary N) is 1. The van der Waals surface area contributed by atoms with Crippen LogP contribution >= 0.6 is 0 Å². The summed E-state index contributed by atoms with van der Waals surface area (Å²) >= 11 is 0. The number of hydrogen-bond donors (Lipinski definition) is 1. The standard InChI is InChI=1S/C29H30N2O5/c1-21-26(28(32)35-18-17-34-2)27(30-29(33)31(21)19-22-9-5-3-6-10-22)24-13-15-25(16-14-24)36-20-23-11-7-4-8-12-23/h3-16,27H,17-20H2,1-2H3,(H,30,33). The van der Waals surface area contributed by atoms with Gasteiger partial charge in [0.1, 0.15) is 19.0 Å². The van der Waals surface area contributed by atoms with Crippen molar-refractivity contribution in [1.29, 1.82) is 0 Å². The number of esters is 1. The van der Waals surface area contributed by atoms with E-state index in [4.69, 9.17) is 14.2 Å². The molecule has 0 saturated carbocycles. The van der Waals surface area contributed by atoms with Crippen LogP contribution in [0.15, 0.2) is 96.2 Å². The van der Waals surface area contributed by atoms with Crippen LogP contribution in [0.1, 0.15) is 29.7 Å². The number of hydrogen-bond acceptors (Lipinski definition) is 5. The van der Waals surface area contributed by atoms with Crippen molar-refractivity contribution in [3.8, 4) is 5.75 Å². The molecule has 0 bridgehead atoms. The molecule has 1 N–H and O–H groups in total. The summed E-state index contributed by atoms with van der Waals surface area (Å²) in [4.78, 5) is 27.9. The summed E-state index contributed by atoms with van der Waals surface area (Å²) < 4.78 is 16.4. The van der Waals surface area contributed by atoms with E-state index in [9.17, 15) is 9.59 Å². The Morgan fingerprint density at radius 3 is 2.17 bits per heavy atom. The van der Waals surface area contributed by atoms with Crippen molar-refractivity contribution in [3.05, 3.63) is 113 Å². The molecule has 1 unspecified atom stereocenters. The Labute approximate surface area is 211 Å². The summed E-state index contributed by atoms with van der Waals surface area (Å²) in [6.07, 6.45) is 0. The Hall–Kier alpha value is -4.10. The van der Waals surface area contributed by atoms with E-state index in [-0.39, 0.29) is 19.2 Å². The van der Waals surface area contributed by atoms with Gasteiger partial charge < -0.3 is 19.5 Å². The van der Waals surface area contributed by atoms with Crippen molar-refractivity contribution in [1.82, 2.24) is 10.2 Å². The van der Waals surface area contributed by atoms with Crippen molar-refractivity contribution in [2.45, 2.75) is 26.1 Å². The number of nitrogens with zero attached hydrogens (tertiary/aromatic N) is 1. The van der Waals surface area contributed by atoms with Gasteiger partial charge in [-0.2, -0.15) is 0 Å². The maximum atomic E-state index is 13.2. The number of carbonyl (C=O) groups is 2. The van der Waals surface area contributed by atoms with Crippen LogP contribution < -0.4 is 10.1 Å². The SMILES string of the molecule is COCCOC(=O)C1=C(C)N(Cc2ccccc2)C(=O)NC1c1ccc(OCc2ccccc2)cc1. The Bertz CT molecular complexity index is 1190. The first-order valence-electron chi connectivity index (χ1n) is 11.8. The molecule has 0 saturated heterocycles. The normalized spacial score (nSPS) is 15.4. The van der Waals surface area contributed by atoms with Crippen LogP contribution in [-0.4, -0.2) is 37.2 Å². The minimum absolute atomic E-state index is 0.123. The first-order chi connectivity index (χ1) is 17.6. The average molecular weight is 487 g/mol. The van der Waals surface area contributed by atoms with Crippen LogP contribution in [0.4, 0.5) is 4.79 Å². The molecule has 1 heterocycles. The lowest BCUT2D eigenvalue weighted by atomic mass is 9.94. The third kappa shape index (κ3) is 6.12. The Kier molecular flexibility index (Phi) is 8.36. The van der Waals surface area contributed by atoms with Gasteiger partial charge in [0.25, 0.3) is 0 Å². The molecule has 1 atom stereocenters. The smallest absolute Gasteiger partial charge is 0.338 e. The van der Waals surface area contributed by atoms with E-state index >= 15 is 0 Å². The lowest BCUT2D eigenvalue weighted by Crippen LogP contribution is -2.47. The largest absolute Gasteiger partial charge is 0.489 e. The lowest BCUT2D eigenvalue weighted by molar-refractivity contribution is -0.140. The molecule has 2 amide bonds. The molecule has 0 spiro atoms. The van der Waals surface area contributed by atoms with Crippen molar-refractivity contribution < 1.29 is 23.8 Å². The number of rotatable bonds is 10. The molecule has 0 fully saturated rings. The molecule has 0 radical (unpaired) electrons. The van der Waals surface area contributed by atoms with E-state index in [0.717, 1.165) is 16.7 Å². The number of carbonyl (C=O) groups excluding carboxylic acids is 2. The molecule has 1 aliphatic heterocycles. The van der Waals surface area contributed by atoms with Crippen molar-refractivity contribution in [2.75, 3.05) is 20.3 Å². The maximum Gasteiger partial charge on any atom is 0.338 e. The van der Waals surface area contributed by atoms with Crippen LogP contribution in [0.2, 0.25) is 0 Å². The molecular weight excluding hydrogens is 456 g/mol. The number of benzene rings is 3. The molecular formula is C29H30N2O5. The van der Waals surface area contributed by atoms with Crippen LogP contribution in [0.3, 0.4) is 0 Å². The quantitative estimate of drug-likeness (QED) is 0.323. The summed E-state index contributed by atoms with van der Waals surface area (Å²) in [5.74, 6) is 0.206. The summed E-state index contributed by atoms with van der Waals surface area (Å²) in [7, 11) is 1.55. The molecule has 0 aromatic heterocycles. The van der Waals surface area contributed by atoms with Gasteiger partial charge in [-0.05, 0) is 35.7 Å². The fraction of sp³-hybridized carbons (Fsp3) is 0.241. The lowest BCUT2D eigenvalue weighted by Gasteiger charge is -2.35. The van der Waals surface area contributed by atoms with E-state index in [2.05, 4.69) is 5.32 Å². The van der Waals surface area contributed by atoms with Gasteiger partial charge in [0.05, 0.1) is 24.8 Å². The fourth-order valence-electron chi connectivity index (χ4n) is 4.04. The van der Waals surface area contributed by atoms with Crippen molar-refractivity contribution in [3.63, 3.8) is 0 Å². The highest BCUT2D eigenvalue weighted by Crippen LogP contribution is 2.33. The number of urea groups is 1. The van der Waals surface area contributed by atoms with Crippen LogP contribution in [0.5, 0.6) is 5.75 Å². The molecule has 186 valence electrons. The van der Waals surface area contributed by atoms with Gasteiger partial charge in [-0.3, -0.25) is 4.90 Å². The average Bonchev–Trinajstić information content (AvgIpc) is 2.91.